The van der Waals surface area contributed by atoms with Crippen LogP contribution in [0.2, 0.25) is 0 Å². The molecule has 0 N–H and O–H groups in total. The molecule has 0 fully saturated rings. The van der Waals surface area contributed by atoms with Crippen molar-refractivity contribution in [2.75, 3.05) is 0 Å². The summed E-state index contributed by atoms with van der Waals surface area (Å²) in [7, 11) is 2.27. The Morgan fingerprint density at radius 3 is 2.62 bits per heavy atom. The van der Waals surface area contributed by atoms with Crippen molar-refractivity contribution >= 4 is 9.47 Å². The first-order valence-corrected chi connectivity index (χ1v) is 3.28. The van der Waals surface area contributed by atoms with Crippen molar-refractivity contribution in [3.05, 3.63) is 12.7 Å². The van der Waals surface area contributed by atoms with Crippen LogP contribution in [0.4, 0.5) is 0 Å². The zero-order valence-electron chi connectivity index (χ0n) is 5.26. The van der Waals surface area contributed by atoms with Crippen LogP contribution in [-0.2, 0) is 4.52 Å². The lowest BCUT2D eigenvalue weighted by Gasteiger charge is -2.07. The molecule has 0 aliphatic rings. The van der Waals surface area contributed by atoms with Crippen LogP contribution in [0.3, 0.4) is 0 Å². The van der Waals surface area contributed by atoms with Crippen LogP contribution in [-0.4, -0.2) is 6.10 Å². The van der Waals surface area contributed by atoms with E-state index in [0.29, 0.717) is 6.10 Å². The van der Waals surface area contributed by atoms with E-state index in [-0.39, 0.29) is 0 Å². The quantitative estimate of drug-likeness (QED) is 0.420. The summed E-state index contributed by atoms with van der Waals surface area (Å²) in [5, 5.41) is 0. The van der Waals surface area contributed by atoms with Crippen molar-refractivity contribution in [2.24, 2.45) is 0 Å². The van der Waals surface area contributed by atoms with Gasteiger partial charge in [-0.05, 0) is 12.8 Å². The van der Waals surface area contributed by atoms with Gasteiger partial charge in [-0.1, -0.05) is 13.0 Å². The molecular weight excluding hydrogens is 119 g/mol. The fourth-order valence-electron chi connectivity index (χ4n) is 0.504. The minimum Gasteiger partial charge on any atom is -0.362 e. The van der Waals surface area contributed by atoms with Gasteiger partial charge in [0.15, 0.2) is 0 Å². The van der Waals surface area contributed by atoms with E-state index in [0.717, 1.165) is 12.8 Å². The zero-order valence-corrected chi connectivity index (χ0v) is 6.42. The summed E-state index contributed by atoms with van der Waals surface area (Å²) in [6.45, 7) is 5.70. The molecule has 0 aliphatic carbocycles. The highest BCUT2D eigenvalue weighted by molar-refractivity contribution is 7.09. The first kappa shape index (κ1) is 8.13. The molecule has 0 saturated heterocycles. The minimum absolute atomic E-state index is 0.345. The Hall–Kier alpha value is 0.130. The van der Waals surface area contributed by atoms with E-state index in [4.69, 9.17) is 4.52 Å². The van der Waals surface area contributed by atoms with Gasteiger partial charge in [-0.2, -0.15) is 0 Å². The summed E-state index contributed by atoms with van der Waals surface area (Å²) in [6.07, 6.45) is 4.21. The van der Waals surface area contributed by atoms with E-state index >= 15 is 0 Å². The van der Waals surface area contributed by atoms with Gasteiger partial charge in [0.25, 0.3) is 0 Å². The second-order valence-corrected chi connectivity index (χ2v) is 1.96. The Kier molecular flexibility index (Phi) is 5.36. The number of hydrogen-bond acceptors (Lipinski definition) is 1. The zero-order chi connectivity index (χ0) is 6.41. The Morgan fingerprint density at radius 1 is 1.88 bits per heavy atom. The Bertz CT molecular complexity index is 59.5. The maximum atomic E-state index is 4.99. The number of rotatable bonds is 4. The molecule has 0 spiro atoms. The second-order valence-electron chi connectivity index (χ2n) is 1.69. The standard InChI is InChI=1S/C6H13OP/c1-3-5-6(4-2)7-8/h3,6H,1,4-5,8H2,2H3. The smallest absolute Gasteiger partial charge is 0.0642 e. The molecule has 0 aromatic heterocycles. The lowest BCUT2D eigenvalue weighted by Crippen LogP contribution is -2.02. The average Bonchev–Trinajstić information content (AvgIpc) is 1.83. The van der Waals surface area contributed by atoms with Gasteiger partial charge in [0, 0.05) is 9.47 Å². The molecule has 0 rings (SSSR count). The van der Waals surface area contributed by atoms with Gasteiger partial charge >= 0.3 is 0 Å². The minimum atomic E-state index is 0.345. The summed E-state index contributed by atoms with van der Waals surface area (Å²) < 4.78 is 4.99. The highest BCUT2D eigenvalue weighted by atomic mass is 31.0. The summed E-state index contributed by atoms with van der Waals surface area (Å²) in [6, 6.07) is 0. The molecule has 8 heavy (non-hydrogen) atoms. The van der Waals surface area contributed by atoms with E-state index in [1.165, 1.54) is 0 Å². The molecule has 0 aliphatic heterocycles. The molecule has 0 amide bonds. The van der Waals surface area contributed by atoms with E-state index in [1.54, 1.807) is 0 Å². The van der Waals surface area contributed by atoms with Gasteiger partial charge in [0.05, 0.1) is 6.10 Å². The van der Waals surface area contributed by atoms with Crippen molar-refractivity contribution in [3.8, 4) is 0 Å². The first-order valence-electron chi connectivity index (χ1n) is 2.81. The molecule has 48 valence electrons. The lowest BCUT2D eigenvalue weighted by molar-refractivity contribution is 0.238. The van der Waals surface area contributed by atoms with E-state index in [1.807, 2.05) is 6.08 Å². The summed E-state index contributed by atoms with van der Waals surface area (Å²) in [5.41, 5.74) is 0. The van der Waals surface area contributed by atoms with Crippen LogP contribution in [0.5, 0.6) is 0 Å². The molecule has 0 heterocycles. The molecule has 1 nitrogen and oxygen atoms in total. The Morgan fingerprint density at radius 2 is 2.50 bits per heavy atom. The molecular formula is C6H13OP. The van der Waals surface area contributed by atoms with Crippen molar-refractivity contribution in [3.63, 3.8) is 0 Å². The van der Waals surface area contributed by atoms with Gasteiger partial charge in [-0.3, -0.25) is 0 Å². The average molecular weight is 132 g/mol. The third-order valence-electron chi connectivity index (χ3n) is 1.08. The predicted octanol–water partition coefficient (Wildman–Crippen LogP) is 2.15. The fraction of sp³-hybridized carbons (Fsp3) is 0.667. The topological polar surface area (TPSA) is 9.23 Å². The van der Waals surface area contributed by atoms with Crippen LogP contribution in [0.25, 0.3) is 0 Å². The summed E-state index contributed by atoms with van der Waals surface area (Å²) >= 11 is 0. The Labute approximate surface area is 53.4 Å². The maximum absolute atomic E-state index is 4.99. The van der Waals surface area contributed by atoms with Crippen LogP contribution in [0, 0.1) is 0 Å². The molecule has 2 unspecified atom stereocenters. The first-order chi connectivity index (χ1) is 3.85. The highest BCUT2D eigenvalue weighted by Gasteiger charge is 1.98. The molecule has 0 aromatic rings. The Balaban J connectivity index is 3.20. The number of hydrogen-bond donors (Lipinski definition) is 0. The summed E-state index contributed by atoms with van der Waals surface area (Å²) in [4.78, 5) is 0. The highest BCUT2D eigenvalue weighted by Crippen LogP contribution is 2.06. The largest absolute Gasteiger partial charge is 0.362 e. The molecule has 2 atom stereocenters. The third-order valence-corrected chi connectivity index (χ3v) is 1.46. The van der Waals surface area contributed by atoms with Crippen molar-refractivity contribution in [2.45, 2.75) is 25.9 Å². The van der Waals surface area contributed by atoms with Crippen molar-refractivity contribution in [1.29, 1.82) is 0 Å². The van der Waals surface area contributed by atoms with E-state index in [9.17, 15) is 0 Å². The van der Waals surface area contributed by atoms with Crippen LogP contribution in [0.1, 0.15) is 19.8 Å². The van der Waals surface area contributed by atoms with Crippen molar-refractivity contribution < 1.29 is 4.52 Å². The molecule has 0 radical (unpaired) electrons. The lowest BCUT2D eigenvalue weighted by atomic mass is 10.2. The van der Waals surface area contributed by atoms with E-state index < -0.39 is 0 Å². The fourth-order valence-corrected chi connectivity index (χ4v) is 0.808. The predicted molar refractivity (Wildman–Crippen MR) is 39.7 cm³/mol. The van der Waals surface area contributed by atoms with Crippen LogP contribution in [0.15, 0.2) is 12.7 Å². The van der Waals surface area contributed by atoms with Crippen LogP contribution >= 0.6 is 9.47 Å². The van der Waals surface area contributed by atoms with Gasteiger partial charge in [-0.15, -0.1) is 6.58 Å². The van der Waals surface area contributed by atoms with Gasteiger partial charge in [-0.25, -0.2) is 0 Å². The van der Waals surface area contributed by atoms with E-state index in [2.05, 4.69) is 23.0 Å². The SMILES string of the molecule is C=CCC(CC)OP. The maximum Gasteiger partial charge on any atom is 0.0642 e. The van der Waals surface area contributed by atoms with Gasteiger partial charge in [0.1, 0.15) is 0 Å². The second kappa shape index (κ2) is 5.27. The van der Waals surface area contributed by atoms with Gasteiger partial charge < -0.3 is 4.52 Å². The monoisotopic (exact) mass is 132 g/mol. The summed E-state index contributed by atoms with van der Waals surface area (Å²) in [5.74, 6) is 0. The van der Waals surface area contributed by atoms with Crippen LogP contribution < -0.4 is 0 Å². The molecule has 0 bridgehead atoms. The molecule has 2 heteroatoms. The normalized spacial score (nSPS) is 13.2. The molecule has 0 aromatic carbocycles. The molecule has 0 saturated carbocycles. The van der Waals surface area contributed by atoms with Crippen molar-refractivity contribution in [1.82, 2.24) is 0 Å². The third kappa shape index (κ3) is 3.17. The van der Waals surface area contributed by atoms with Gasteiger partial charge in [0.2, 0.25) is 0 Å².